The number of aryl methyl sites for hydroxylation is 1. The second kappa shape index (κ2) is 6.48. The number of hydrogen-bond donors (Lipinski definition) is 2. The van der Waals surface area contributed by atoms with Crippen LogP contribution < -0.4 is 11.1 Å². The van der Waals surface area contributed by atoms with Gasteiger partial charge >= 0.3 is 0 Å². The fourth-order valence-corrected chi connectivity index (χ4v) is 3.03. The van der Waals surface area contributed by atoms with Crippen molar-refractivity contribution >= 4 is 23.0 Å². The topological polar surface area (TPSA) is 63.8 Å². The molecule has 0 aliphatic heterocycles. The summed E-state index contributed by atoms with van der Waals surface area (Å²) in [6.45, 7) is 6.39. The maximum absolute atomic E-state index is 5.94. The molecule has 0 saturated heterocycles. The molecule has 0 radical (unpaired) electrons. The third-order valence-corrected chi connectivity index (χ3v) is 4.52. The molecule has 1 aliphatic carbocycles. The van der Waals surface area contributed by atoms with Gasteiger partial charge in [-0.15, -0.1) is 5.10 Å². The fourth-order valence-electron chi connectivity index (χ4n) is 2.81. The lowest BCUT2D eigenvalue weighted by atomic mass is 9.80. The lowest BCUT2D eigenvalue weighted by molar-refractivity contribution is 0.284. The van der Waals surface area contributed by atoms with Crippen LogP contribution in [0.5, 0.6) is 0 Å². The van der Waals surface area contributed by atoms with Crippen LogP contribution in [0.15, 0.2) is 0 Å². The number of rotatable bonds is 6. The molecular formula is C15H24N4S. The minimum absolute atomic E-state index is 0.392. The van der Waals surface area contributed by atoms with E-state index >= 15 is 0 Å². The van der Waals surface area contributed by atoms with E-state index in [4.69, 9.17) is 18.0 Å². The molecule has 1 aromatic heterocycles. The molecule has 1 aromatic rings. The third-order valence-electron chi connectivity index (χ3n) is 4.31. The van der Waals surface area contributed by atoms with E-state index in [1.54, 1.807) is 0 Å². The van der Waals surface area contributed by atoms with E-state index in [2.05, 4.69) is 36.3 Å². The average molecular weight is 292 g/mol. The van der Waals surface area contributed by atoms with Crippen molar-refractivity contribution in [1.29, 1.82) is 0 Å². The molecule has 5 heteroatoms. The Labute approximate surface area is 126 Å². The van der Waals surface area contributed by atoms with E-state index < -0.39 is 0 Å². The smallest absolute Gasteiger partial charge is 0.159 e. The number of hydrogen-bond acceptors (Lipinski definition) is 4. The van der Waals surface area contributed by atoms with Gasteiger partial charge in [0.1, 0.15) is 4.99 Å². The molecule has 1 fully saturated rings. The van der Waals surface area contributed by atoms with Gasteiger partial charge in [0.2, 0.25) is 0 Å². The first-order valence-corrected chi connectivity index (χ1v) is 7.94. The van der Waals surface area contributed by atoms with Gasteiger partial charge in [0.25, 0.3) is 0 Å². The highest BCUT2D eigenvalue weighted by molar-refractivity contribution is 7.80. The number of thiocarbonyl (C=S) groups is 1. The number of nitrogens with one attached hydrogen (secondary N) is 1. The minimum Gasteiger partial charge on any atom is -0.389 e. The van der Waals surface area contributed by atoms with Gasteiger partial charge in [-0.1, -0.05) is 32.5 Å². The molecule has 0 amide bonds. The van der Waals surface area contributed by atoms with Crippen LogP contribution in [0.1, 0.15) is 56.9 Å². The van der Waals surface area contributed by atoms with Crippen LogP contribution >= 0.6 is 12.2 Å². The summed E-state index contributed by atoms with van der Waals surface area (Å²) in [5, 5.41) is 12.1. The van der Waals surface area contributed by atoms with Gasteiger partial charge in [-0.05, 0) is 44.1 Å². The van der Waals surface area contributed by atoms with Gasteiger partial charge < -0.3 is 11.1 Å². The molecule has 1 atom stereocenters. The molecule has 1 unspecified atom stereocenters. The van der Waals surface area contributed by atoms with Crippen LogP contribution in [0.2, 0.25) is 0 Å². The van der Waals surface area contributed by atoms with Crippen molar-refractivity contribution in [2.45, 2.75) is 58.9 Å². The Hall–Kier alpha value is -1.23. The fraction of sp³-hybridized carbons (Fsp3) is 0.667. The van der Waals surface area contributed by atoms with Crippen LogP contribution in [0.4, 0.5) is 5.82 Å². The summed E-state index contributed by atoms with van der Waals surface area (Å²) in [7, 11) is 0. The standard InChI is InChI=1S/C15H24N4S/c1-4-11-12(5-2)18-19-15(13(11)14(16)20)17-9(3)10-7-6-8-10/h9-10H,4-8H2,1-3H3,(H2,16,20)(H,17,19). The van der Waals surface area contributed by atoms with E-state index in [-0.39, 0.29) is 0 Å². The van der Waals surface area contributed by atoms with Crippen LogP contribution in [0, 0.1) is 5.92 Å². The summed E-state index contributed by atoms with van der Waals surface area (Å²) in [5.41, 5.74) is 8.96. The Morgan fingerprint density at radius 2 is 2.05 bits per heavy atom. The largest absolute Gasteiger partial charge is 0.389 e. The summed E-state index contributed by atoms with van der Waals surface area (Å²) < 4.78 is 0. The normalized spacial score (nSPS) is 16.6. The van der Waals surface area contributed by atoms with E-state index in [9.17, 15) is 0 Å². The Morgan fingerprint density at radius 1 is 1.35 bits per heavy atom. The summed E-state index contributed by atoms with van der Waals surface area (Å²) >= 11 is 5.24. The average Bonchev–Trinajstić information content (AvgIpc) is 2.35. The lowest BCUT2D eigenvalue weighted by Gasteiger charge is -2.32. The molecular weight excluding hydrogens is 268 g/mol. The minimum atomic E-state index is 0.392. The Balaban J connectivity index is 2.33. The van der Waals surface area contributed by atoms with Gasteiger partial charge in [0.05, 0.1) is 11.3 Å². The molecule has 3 N–H and O–H groups in total. The van der Waals surface area contributed by atoms with Gasteiger partial charge in [-0.25, -0.2) is 0 Å². The van der Waals surface area contributed by atoms with Crippen molar-refractivity contribution in [3.8, 4) is 0 Å². The first-order valence-electron chi connectivity index (χ1n) is 7.53. The maximum atomic E-state index is 5.94. The van der Waals surface area contributed by atoms with Crippen molar-refractivity contribution in [3.63, 3.8) is 0 Å². The quantitative estimate of drug-likeness (QED) is 0.789. The second-order valence-electron chi connectivity index (χ2n) is 5.54. The molecule has 1 saturated carbocycles. The van der Waals surface area contributed by atoms with Crippen molar-refractivity contribution in [2.75, 3.05) is 5.32 Å². The van der Waals surface area contributed by atoms with E-state index in [1.165, 1.54) is 19.3 Å². The Morgan fingerprint density at radius 3 is 2.50 bits per heavy atom. The SMILES string of the molecule is CCc1nnc(NC(C)C2CCC2)c(C(N)=S)c1CC. The molecule has 0 bridgehead atoms. The molecule has 1 heterocycles. The summed E-state index contributed by atoms with van der Waals surface area (Å²) in [5.74, 6) is 1.48. The zero-order valence-electron chi connectivity index (χ0n) is 12.6. The summed E-state index contributed by atoms with van der Waals surface area (Å²) in [6, 6.07) is 0.392. The van der Waals surface area contributed by atoms with Crippen LogP contribution in [-0.2, 0) is 12.8 Å². The number of aromatic nitrogens is 2. The molecule has 0 spiro atoms. The highest BCUT2D eigenvalue weighted by Gasteiger charge is 2.26. The molecule has 2 rings (SSSR count). The predicted octanol–water partition coefficient (Wildman–Crippen LogP) is 2.84. The van der Waals surface area contributed by atoms with Crippen molar-refractivity contribution in [3.05, 3.63) is 16.8 Å². The van der Waals surface area contributed by atoms with Gasteiger partial charge in [-0.3, -0.25) is 0 Å². The number of nitrogens with zero attached hydrogens (tertiary/aromatic N) is 2. The summed E-state index contributed by atoms with van der Waals surface area (Å²) in [6.07, 6.45) is 5.64. The molecule has 4 nitrogen and oxygen atoms in total. The lowest BCUT2D eigenvalue weighted by Crippen LogP contribution is -2.32. The predicted molar refractivity (Wildman–Crippen MR) is 87.1 cm³/mol. The molecule has 1 aliphatic rings. The maximum Gasteiger partial charge on any atom is 0.159 e. The first-order chi connectivity index (χ1) is 9.58. The number of anilines is 1. The van der Waals surface area contributed by atoms with Gasteiger partial charge in [0, 0.05) is 6.04 Å². The van der Waals surface area contributed by atoms with E-state index in [1.807, 2.05) is 0 Å². The van der Waals surface area contributed by atoms with E-state index in [0.29, 0.717) is 11.0 Å². The zero-order valence-corrected chi connectivity index (χ0v) is 13.4. The number of nitrogens with two attached hydrogens (primary N) is 1. The second-order valence-corrected chi connectivity index (χ2v) is 5.98. The molecule has 20 heavy (non-hydrogen) atoms. The van der Waals surface area contributed by atoms with Crippen molar-refractivity contribution < 1.29 is 0 Å². The van der Waals surface area contributed by atoms with Crippen LogP contribution in [-0.4, -0.2) is 21.2 Å². The van der Waals surface area contributed by atoms with Crippen LogP contribution in [0.25, 0.3) is 0 Å². The highest BCUT2D eigenvalue weighted by Crippen LogP contribution is 2.31. The van der Waals surface area contributed by atoms with Gasteiger partial charge in [0.15, 0.2) is 5.82 Å². The van der Waals surface area contributed by atoms with E-state index in [0.717, 1.165) is 41.4 Å². The highest BCUT2D eigenvalue weighted by atomic mass is 32.1. The Kier molecular flexibility index (Phi) is 4.91. The first kappa shape index (κ1) is 15.2. The van der Waals surface area contributed by atoms with Crippen molar-refractivity contribution in [2.24, 2.45) is 11.7 Å². The summed E-state index contributed by atoms with van der Waals surface area (Å²) in [4.78, 5) is 0.412. The third kappa shape index (κ3) is 2.92. The van der Waals surface area contributed by atoms with Crippen molar-refractivity contribution in [1.82, 2.24) is 10.2 Å². The molecule has 110 valence electrons. The zero-order chi connectivity index (χ0) is 14.7. The monoisotopic (exact) mass is 292 g/mol. The van der Waals surface area contributed by atoms with Gasteiger partial charge in [-0.2, -0.15) is 5.10 Å². The Bertz CT molecular complexity index is 497. The van der Waals surface area contributed by atoms with Crippen LogP contribution in [0.3, 0.4) is 0 Å². The molecule has 0 aromatic carbocycles.